The van der Waals surface area contributed by atoms with Crippen molar-refractivity contribution in [2.75, 3.05) is 17.7 Å². The molecular weight excluding hydrogens is 315 g/mol. The maximum Gasteiger partial charge on any atom is 0.421 e. The molecule has 120 valence electrons. The first-order valence-corrected chi connectivity index (χ1v) is 6.39. The van der Waals surface area contributed by atoms with Crippen LogP contribution in [0.3, 0.4) is 0 Å². The van der Waals surface area contributed by atoms with Gasteiger partial charge in [-0.05, 0) is 18.2 Å². The van der Waals surface area contributed by atoms with Crippen LogP contribution in [-0.2, 0) is 6.18 Å². The molecule has 0 unspecified atom stereocenters. The molecule has 0 saturated heterocycles. The number of rotatable bonds is 3. The number of H-pyrrole nitrogens is 1. The van der Waals surface area contributed by atoms with Gasteiger partial charge in [0.15, 0.2) is 5.58 Å². The predicted molar refractivity (Wildman–Crippen MR) is 76.7 cm³/mol. The van der Waals surface area contributed by atoms with Gasteiger partial charge in [0.1, 0.15) is 11.4 Å². The topological polar surface area (TPSA) is 95.8 Å². The Labute approximate surface area is 126 Å². The molecule has 0 bridgehead atoms. The van der Waals surface area contributed by atoms with Gasteiger partial charge in [-0.1, -0.05) is 0 Å². The van der Waals surface area contributed by atoms with Crippen LogP contribution in [0.15, 0.2) is 33.6 Å². The van der Waals surface area contributed by atoms with Crippen molar-refractivity contribution in [2.24, 2.45) is 0 Å². The van der Waals surface area contributed by atoms with Crippen molar-refractivity contribution in [1.82, 2.24) is 15.0 Å². The molecule has 2 heterocycles. The van der Waals surface area contributed by atoms with Crippen LogP contribution >= 0.6 is 0 Å². The van der Waals surface area contributed by atoms with E-state index in [2.05, 4.69) is 25.6 Å². The fraction of sp³-hybridized carbons (Fsp3) is 0.154. The fourth-order valence-corrected chi connectivity index (χ4v) is 2.00. The Hall–Kier alpha value is -3.04. The third-order valence-electron chi connectivity index (χ3n) is 3.01. The second-order valence-electron chi connectivity index (χ2n) is 4.55. The van der Waals surface area contributed by atoms with E-state index in [-0.39, 0.29) is 11.8 Å². The predicted octanol–water partition coefficient (Wildman–Crippen LogP) is 2.72. The van der Waals surface area contributed by atoms with Gasteiger partial charge in [-0.15, -0.1) is 0 Å². The number of hydrogen-bond acceptors (Lipinski definition) is 6. The summed E-state index contributed by atoms with van der Waals surface area (Å²) in [5, 5.41) is 5.15. The first-order chi connectivity index (χ1) is 10.9. The van der Waals surface area contributed by atoms with E-state index >= 15 is 0 Å². The number of nitrogens with one attached hydrogen (secondary N) is 3. The maximum absolute atomic E-state index is 12.8. The van der Waals surface area contributed by atoms with E-state index in [0.717, 1.165) is 0 Å². The third kappa shape index (κ3) is 2.96. The standard InChI is InChI=1S/C13H10F3N5O2/c1-17-10-7(13(14,15)16)5-18-11(21-10)19-6-2-3-9-8(4-6)20-12(22)23-9/h2-5H,1H3,(H,20,22)(H2,17,18,19,21). The van der Waals surface area contributed by atoms with Gasteiger partial charge in [-0.2, -0.15) is 18.2 Å². The minimum absolute atomic E-state index is 0.0208. The van der Waals surface area contributed by atoms with E-state index in [4.69, 9.17) is 4.42 Å². The van der Waals surface area contributed by atoms with Gasteiger partial charge in [-0.3, -0.25) is 4.98 Å². The van der Waals surface area contributed by atoms with Crippen LogP contribution in [-0.4, -0.2) is 22.0 Å². The van der Waals surface area contributed by atoms with Gasteiger partial charge in [0.25, 0.3) is 0 Å². The van der Waals surface area contributed by atoms with Crippen molar-refractivity contribution in [3.8, 4) is 0 Å². The Balaban J connectivity index is 1.93. The second kappa shape index (κ2) is 5.30. The summed E-state index contributed by atoms with van der Waals surface area (Å²) in [5.41, 5.74) is 0.335. The summed E-state index contributed by atoms with van der Waals surface area (Å²) >= 11 is 0. The number of alkyl halides is 3. The number of benzene rings is 1. The van der Waals surface area contributed by atoms with E-state index in [1.807, 2.05) is 0 Å². The molecule has 0 atom stereocenters. The summed E-state index contributed by atoms with van der Waals surface area (Å²) in [4.78, 5) is 21.0. The lowest BCUT2D eigenvalue weighted by Gasteiger charge is -2.12. The highest BCUT2D eigenvalue weighted by atomic mass is 19.4. The molecule has 0 aliphatic rings. The Bertz CT molecular complexity index is 916. The number of fused-ring (bicyclic) bond motifs is 1. The average Bonchev–Trinajstić information content (AvgIpc) is 2.85. The molecule has 0 radical (unpaired) electrons. The molecule has 0 aliphatic carbocycles. The van der Waals surface area contributed by atoms with E-state index in [1.54, 1.807) is 18.2 Å². The van der Waals surface area contributed by atoms with Gasteiger partial charge in [0.05, 0.1) is 5.52 Å². The minimum atomic E-state index is -4.55. The Morgan fingerprint density at radius 1 is 1.30 bits per heavy atom. The number of aromatic nitrogens is 3. The van der Waals surface area contributed by atoms with Gasteiger partial charge < -0.3 is 15.1 Å². The summed E-state index contributed by atoms with van der Waals surface area (Å²) < 4.78 is 43.2. The SMILES string of the molecule is CNc1nc(Nc2ccc3oc(=O)[nH]c3c2)ncc1C(F)(F)F. The Kier molecular flexibility index (Phi) is 3.43. The van der Waals surface area contributed by atoms with Crippen molar-refractivity contribution >= 4 is 28.6 Å². The molecule has 7 nitrogen and oxygen atoms in total. The van der Waals surface area contributed by atoms with Gasteiger partial charge >= 0.3 is 11.9 Å². The number of halogens is 3. The Morgan fingerprint density at radius 3 is 2.78 bits per heavy atom. The number of hydrogen-bond donors (Lipinski definition) is 3. The van der Waals surface area contributed by atoms with Crippen molar-refractivity contribution in [3.05, 3.63) is 40.5 Å². The highest BCUT2D eigenvalue weighted by Crippen LogP contribution is 2.33. The number of oxazole rings is 1. The third-order valence-corrected chi connectivity index (χ3v) is 3.01. The zero-order valence-corrected chi connectivity index (χ0v) is 11.7. The zero-order valence-electron chi connectivity index (χ0n) is 11.7. The van der Waals surface area contributed by atoms with E-state index in [9.17, 15) is 18.0 Å². The first-order valence-electron chi connectivity index (χ1n) is 6.39. The summed E-state index contributed by atoms with van der Waals surface area (Å²) in [5.74, 6) is -0.958. The van der Waals surface area contributed by atoms with E-state index in [1.165, 1.54) is 7.05 Å². The lowest BCUT2D eigenvalue weighted by molar-refractivity contribution is -0.137. The van der Waals surface area contributed by atoms with Gasteiger partial charge in [0, 0.05) is 18.9 Å². The minimum Gasteiger partial charge on any atom is -0.408 e. The van der Waals surface area contributed by atoms with Crippen LogP contribution in [0.2, 0.25) is 0 Å². The molecule has 3 aromatic rings. The van der Waals surface area contributed by atoms with Crippen LogP contribution in [0.5, 0.6) is 0 Å². The lowest BCUT2D eigenvalue weighted by atomic mass is 10.3. The highest BCUT2D eigenvalue weighted by molar-refractivity contribution is 5.77. The van der Waals surface area contributed by atoms with Crippen LogP contribution in [0, 0.1) is 0 Å². The van der Waals surface area contributed by atoms with Crippen molar-refractivity contribution in [3.63, 3.8) is 0 Å². The average molecular weight is 325 g/mol. The van der Waals surface area contributed by atoms with Crippen LogP contribution in [0.1, 0.15) is 5.56 Å². The molecule has 10 heteroatoms. The molecule has 3 rings (SSSR count). The summed E-state index contributed by atoms with van der Waals surface area (Å²) in [6, 6.07) is 4.68. The Morgan fingerprint density at radius 2 is 2.09 bits per heavy atom. The molecule has 0 aliphatic heterocycles. The maximum atomic E-state index is 12.8. The van der Waals surface area contributed by atoms with Crippen molar-refractivity contribution in [2.45, 2.75) is 6.18 Å². The second-order valence-corrected chi connectivity index (χ2v) is 4.55. The van der Waals surface area contributed by atoms with E-state index < -0.39 is 17.5 Å². The summed E-state index contributed by atoms with van der Waals surface area (Å²) in [7, 11) is 1.34. The van der Waals surface area contributed by atoms with Gasteiger partial charge in [-0.25, -0.2) is 9.78 Å². The largest absolute Gasteiger partial charge is 0.421 e. The lowest BCUT2D eigenvalue weighted by Crippen LogP contribution is -2.12. The monoisotopic (exact) mass is 325 g/mol. The quantitative estimate of drug-likeness (QED) is 0.685. The molecule has 0 amide bonds. The van der Waals surface area contributed by atoms with Crippen LogP contribution in [0.4, 0.5) is 30.6 Å². The molecule has 3 N–H and O–H groups in total. The molecule has 1 aromatic carbocycles. The van der Waals surface area contributed by atoms with E-state index in [0.29, 0.717) is 23.0 Å². The molecule has 0 saturated carbocycles. The first kappa shape index (κ1) is 14.9. The number of anilines is 3. The molecular formula is C13H10F3N5O2. The zero-order chi connectivity index (χ0) is 16.6. The molecule has 0 fully saturated rings. The van der Waals surface area contributed by atoms with Crippen molar-refractivity contribution < 1.29 is 17.6 Å². The van der Waals surface area contributed by atoms with Gasteiger partial charge in [0.2, 0.25) is 5.95 Å². The molecule has 0 spiro atoms. The van der Waals surface area contributed by atoms with Crippen LogP contribution in [0.25, 0.3) is 11.1 Å². The number of aromatic amines is 1. The van der Waals surface area contributed by atoms with Crippen LogP contribution < -0.4 is 16.4 Å². The highest BCUT2D eigenvalue weighted by Gasteiger charge is 2.35. The van der Waals surface area contributed by atoms with Crippen molar-refractivity contribution in [1.29, 1.82) is 0 Å². The normalized spacial score (nSPS) is 11.7. The molecule has 2 aromatic heterocycles. The fourth-order valence-electron chi connectivity index (χ4n) is 2.00. The smallest absolute Gasteiger partial charge is 0.408 e. The summed E-state index contributed by atoms with van der Waals surface area (Å²) in [6.45, 7) is 0. The summed E-state index contributed by atoms with van der Waals surface area (Å²) in [6.07, 6.45) is -3.86. The molecule has 23 heavy (non-hydrogen) atoms. The number of nitrogens with zero attached hydrogens (tertiary/aromatic N) is 2.